The van der Waals surface area contributed by atoms with Crippen LogP contribution in [0, 0.1) is 11.7 Å². The van der Waals surface area contributed by atoms with Gasteiger partial charge in [-0.15, -0.1) is 0 Å². The van der Waals surface area contributed by atoms with Crippen molar-refractivity contribution >= 4 is 23.5 Å². The van der Waals surface area contributed by atoms with Gasteiger partial charge in [0.05, 0.1) is 11.6 Å². The Kier molecular flexibility index (Phi) is 5.21. The highest BCUT2D eigenvalue weighted by Crippen LogP contribution is 2.34. The average molecular weight is 370 g/mol. The first-order valence-electron chi connectivity index (χ1n) is 8.51. The number of carboxylic acid groups (broad SMARTS) is 1. The van der Waals surface area contributed by atoms with Crippen molar-refractivity contribution in [1.29, 1.82) is 0 Å². The number of nitrogens with one attached hydrogen (secondary N) is 1. The van der Waals surface area contributed by atoms with Crippen molar-refractivity contribution in [2.45, 2.75) is 12.8 Å². The molecule has 2 aromatic rings. The van der Waals surface area contributed by atoms with Crippen molar-refractivity contribution in [3.05, 3.63) is 65.5 Å². The van der Waals surface area contributed by atoms with E-state index in [1.54, 1.807) is 0 Å². The third kappa shape index (κ3) is 3.97. The molecule has 2 unspecified atom stereocenters. The summed E-state index contributed by atoms with van der Waals surface area (Å²) >= 11 is 0. The molecule has 140 valence electrons. The second-order valence-electron chi connectivity index (χ2n) is 6.55. The summed E-state index contributed by atoms with van der Waals surface area (Å²) in [6, 6.07) is 12.9. The van der Waals surface area contributed by atoms with Gasteiger partial charge in [-0.25, -0.2) is 4.39 Å². The van der Waals surface area contributed by atoms with Gasteiger partial charge in [-0.05, 0) is 23.8 Å². The van der Waals surface area contributed by atoms with E-state index in [1.165, 1.54) is 24.0 Å². The fraction of sp³-hybridized carbons (Fsp3) is 0.250. The number of nitrogens with zero attached hydrogens (tertiary/aromatic N) is 1. The number of carbonyl (C=O) groups is 3. The summed E-state index contributed by atoms with van der Waals surface area (Å²) in [5.41, 5.74) is 0.971. The predicted molar refractivity (Wildman–Crippen MR) is 96.9 cm³/mol. The van der Waals surface area contributed by atoms with Crippen LogP contribution in [-0.4, -0.2) is 40.9 Å². The second-order valence-corrected chi connectivity index (χ2v) is 6.55. The number of carboxylic acids is 1. The molecule has 3 rings (SSSR count). The third-order valence-electron chi connectivity index (χ3n) is 4.68. The molecule has 1 heterocycles. The van der Waals surface area contributed by atoms with Gasteiger partial charge in [-0.2, -0.15) is 0 Å². The van der Waals surface area contributed by atoms with Crippen molar-refractivity contribution in [2.75, 3.05) is 18.4 Å². The monoisotopic (exact) mass is 370 g/mol. The Hall–Kier alpha value is -3.22. The zero-order valence-electron chi connectivity index (χ0n) is 14.7. The normalized spacial score (nSPS) is 19.0. The smallest absolute Gasteiger partial charge is 0.308 e. The Labute approximate surface area is 155 Å². The van der Waals surface area contributed by atoms with Crippen LogP contribution in [0.2, 0.25) is 0 Å². The summed E-state index contributed by atoms with van der Waals surface area (Å²) in [6.07, 6.45) is 0. The minimum atomic E-state index is -0.961. The molecule has 2 amide bonds. The molecule has 0 bridgehead atoms. The minimum Gasteiger partial charge on any atom is -0.481 e. The number of anilines is 1. The SMILES string of the molecule is CC(=O)Nc1cc(C(=O)N2CC(C(=O)O)C(c3ccccc3)C2)ccc1F. The zero-order chi connectivity index (χ0) is 19.6. The fourth-order valence-electron chi connectivity index (χ4n) is 3.38. The lowest BCUT2D eigenvalue weighted by atomic mass is 9.89. The number of likely N-dealkylation sites (tertiary alicyclic amines) is 1. The van der Waals surface area contributed by atoms with Gasteiger partial charge in [0.2, 0.25) is 5.91 Å². The lowest BCUT2D eigenvalue weighted by molar-refractivity contribution is -0.141. The number of halogens is 1. The number of aliphatic carboxylic acids is 1. The zero-order valence-corrected chi connectivity index (χ0v) is 14.7. The van der Waals surface area contributed by atoms with Crippen LogP contribution >= 0.6 is 0 Å². The van der Waals surface area contributed by atoms with E-state index in [9.17, 15) is 23.9 Å². The molecule has 0 aliphatic carbocycles. The van der Waals surface area contributed by atoms with Crippen molar-refractivity contribution in [3.63, 3.8) is 0 Å². The van der Waals surface area contributed by atoms with Crippen LogP contribution in [0.25, 0.3) is 0 Å². The maximum Gasteiger partial charge on any atom is 0.308 e. The first-order valence-corrected chi connectivity index (χ1v) is 8.51. The first-order chi connectivity index (χ1) is 12.9. The maximum absolute atomic E-state index is 13.8. The highest BCUT2D eigenvalue weighted by Gasteiger charge is 2.40. The quantitative estimate of drug-likeness (QED) is 0.866. The topological polar surface area (TPSA) is 86.7 Å². The van der Waals surface area contributed by atoms with Crippen LogP contribution in [0.15, 0.2) is 48.5 Å². The van der Waals surface area contributed by atoms with Gasteiger partial charge in [-0.3, -0.25) is 14.4 Å². The molecule has 0 radical (unpaired) electrons. The van der Waals surface area contributed by atoms with Crippen LogP contribution in [-0.2, 0) is 9.59 Å². The van der Waals surface area contributed by atoms with Gasteiger partial charge in [0.15, 0.2) is 0 Å². The van der Waals surface area contributed by atoms with Crippen LogP contribution in [0.4, 0.5) is 10.1 Å². The van der Waals surface area contributed by atoms with Crippen LogP contribution in [0.3, 0.4) is 0 Å². The van der Waals surface area contributed by atoms with E-state index < -0.39 is 29.5 Å². The molecule has 6 nitrogen and oxygen atoms in total. The van der Waals surface area contributed by atoms with Gasteiger partial charge in [0.1, 0.15) is 5.82 Å². The van der Waals surface area contributed by atoms with E-state index in [4.69, 9.17) is 0 Å². The predicted octanol–water partition coefficient (Wildman–Crippen LogP) is 2.72. The fourth-order valence-corrected chi connectivity index (χ4v) is 3.38. The van der Waals surface area contributed by atoms with Gasteiger partial charge >= 0.3 is 5.97 Å². The molecule has 7 heteroatoms. The van der Waals surface area contributed by atoms with E-state index in [-0.39, 0.29) is 30.3 Å². The summed E-state index contributed by atoms with van der Waals surface area (Å²) in [6.45, 7) is 1.57. The molecule has 1 aliphatic heterocycles. The summed E-state index contributed by atoms with van der Waals surface area (Å²) < 4.78 is 13.8. The Morgan fingerprint density at radius 3 is 2.44 bits per heavy atom. The van der Waals surface area contributed by atoms with Crippen molar-refractivity contribution < 1.29 is 23.9 Å². The lowest BCUT2D eigenvalue weighted by Crippen LogP contribution is -2.30. The molecule has 27 heavy (non-hydrogen) atoms. The second kappa shape index (κ2) is 7.57. The van der Waals surface area contributed by atoms with Gasteiger partial charge in [0, 0.05) is 31.5 Å². The summed E-state index contributed by atoms with van der Waals surface area (Å²) in [7, 11) is 0. The van der Waals surface area contributed by atoms with E-state index in [1.807, 2.05) is 30.3 Å². The Bertz CT molecular complexity index is 885. The van der Waals surface area contributed by atoms with Gasteiger partial charge in [0.25, 0.3) is 5.91 Å². The highest BCUT2D eigenvalue weighted by molar-refractivity contribution is 5.97. The number of hydrogen-bond acceptors (Lipinski definition) is 3. The molecular formula is C20H19FN2O4. The summed E-state index contributed by atoms with van der Waals surface area (Å²) in [5.74, 6) is -3.48. The molecule has 1 saturated heterocycles. The number of hydrogen-bond donors (Lipinski definition) is 2. The molecule has 0 aromatic heterocycles. The van der Waals surface area contributed by atoms with Crippen LogP contribution in [0.5, 0.6) is 0 Å². The standard InChI is InChI=1S/C20H19FN2O4/c1-12(24)22-18-9-14(7-8-17(18)21)19(25)23-10-15(16(11-23)20(26)27)13-5-3-2-4-6-13/h2-9,15-16H,10-11H2,1H3,(H,22,24)(H,26,27). The number of amides is 2. The van der Waals surface area contributed by atoms with Crippen LogP contribution < -0.4 is 5.32 Å². The Morgan fingerprint density at radius 1 is 1.11 bits per heavy atom. The molecule has 2 atom stereocenters. The molecule has 1 fully saturated rings. The Morgan fingerprint density at radius 2 is 1.81 bits per heavy atom. The third-order valence-corrected chi connectivity index (χ3v) is 4.68. The Balaban J connectivity index is 1.85. The van der Waals surface area contributed by atoms with Crippen molar-refractivity contribution in [2.24, 2.45) is 5.92 Å². The number of benzene rings is 2. The van der Waals surface area contributed by atoms with Crippen LogP contribution in [0.1, 0.15) is 28.8 Å². The first kappa shape index (κ1) is 18.6. The molecule has 2 aromatic carbocycles. The van der Waals surface area contributed by atoms with Crippen molar-refractivity contribution in [3.8, 4) is 0 Å². The summed E-state index contributed by atoms with van der Waals surface area (Å²) in [5, 5.41) is 11.9. The van der Waals surface area contributed by atoms with E-state index in [0.29, 0.717) is 0 Å². The summed E-state index contributed by atoms with van der Waals surface area (Å²) in [4.78, 5) is 37.2. The van der Waals surface area contributed by atoms with E-state index in [2.05, 4.69) is 5.32 Å². The average Bonchev–Trinajstić information content (AvgIpc) is 3.09. The molecule has 2 N–H and O–H groups in total. The van der Waals surface area contributed by atoms with E-state index >= 15 is 0 Å². The molecule has 0 saturated carbocycles. The largest absolute Gasteiger partial charge is 0.481 e. The lowest BCUT2D eigenvalue weighted by Gasteiger charge is -2.17. The molecule has 1 aliphatic rings. The van der Waals surface area contributed by atoms with Gasteiger partial charge in [-0.1, -0.05) is 30.3 Å². The number of rotatable bonds is 4. The van der Waals surface area contributed by atoms with Gasteiger partial charge < -0.3 is 15.3 Å². The van der Waals surface area contributed by atoms with E-state index in [0.717, 1.165) is 11.6 Å². The highest BCUT2D eigenvalue weighted by atomic mass is 19.1. The number of carbonyl (C=O) groups excluding carboxylic acids is 2. The molecular weight excluding hydrogens is 351 g/mol. The molecule has 0 spiro atoms. The maximum atomic E-state index is 13.8. The van der Waals surface area contributed by atoms with Crippen molar-refractivity contribution in [1.82, 2.24) is 4.90 Å². The minimum absolute atomic E-state index is 0.0700.